The van der Waals surface area contributed by atoms with Crippen LogP contribution in [0.4, 0.5) is 5.13 Å². The summed E-state index contributed by atoms with van der Waals surface area (Å²) in [6.07, 6.45) is 1.84. The number of anilines is 1. The first-order valence-electron chi connectivity index (χ1n) is 8.72. The minimum Gasteiger partial charge on any atom is -0.497 e. The number of aromatic nitrogens is 1. The van der Waals surface area contributed by atoms with Crippen LogP contribution in [-0.4, -0.2) is 30.6 Å². The van der Waals surface area contributed by atoms with Crippen LogP contribution < -0.4 is 10.1 Å². The van der Waals surface area contributed by atoms with Gasteiger partial charge in [-0.25, -0.2) is 4.98 Å². The second-order valence-corrected chi connectivity index (χ2v) is 7.80. The van der Waals surface area contributed by atoms with Crippen molar-refractivity contribution in [1.82, 2.24) is 4.98 Å². The van der Waals surface area contributed by atoms with Gasteiger partial charge in [-0.2, -0.15) is 0 Å². The topological polar surface area (TPSA) is 77.5 Å². The van der Waals surface area contributed by atoms with Crippen LogP contribution in [0.1, 0.15) is 17.7 Å². The summed E-state index contributed by atoms with van der Waals surface area (Å²) in [6, 6.07) is 11.5. The van der Waals surface area contributed by atoms with Crippen LogP contribution >= 0.6 is 22.7 Å². The van der Waals surface area contributed by atoms with Gasteiger partial charge in [-0.3, -0.25) is 14.9 Å². The zero-order valence-electron chi connectivity index (χ0n) is 15.3. The molecule has 3 rings (SSSR count). The zero-order valence-corrected chi connectivity index (χ0v) is 17.0. The van der Waals surface area contributed by atoms with E-state index in [-0.39, 0.29) is 12.6 Å². The van der Waals surface area contributed by atoms with Crippen LogP contribution in [0.15, 0.2) is 47.2 Å². The Morgan fingerprint density at radius 1 is 1.14 bits per heavy atom. The number of aryl methyl sites for hydroxylation is 1. The number of ether oxygens (including phenoxy) is 2. The van der Waals surface area contributed by atoms with Crippen LogP contribution in [0.2, 0.25) is 0 Å². The fourth-order valence-corrected chi connectivity index (χ4v) is 3.95. The van der Waals surface area contributed by atoms with Gasteiger partial charge in [0.15, 0.2) is 11.7 Å². The van der Waals surface area contributed by atoms with Crippen LogP contribution in [0, 0.1) is 0 Å². The monoisotopic (exact) mass is 416 g/mol. The third-order valence-corrected chi connectivity index (χ3v) is 5.58. The van der Waals surface area contributed by atoms with Gasteiger partial charge in [-0.15, -0.1) is 22.7 Å². The van der Waals surface area contributed by atoms with Crippen LogP contribution in [-0.2, 0) is 20.7 Å². The molecule has 0 saturated heterocycles. The molecule has 3 aromatic rings. The molecule has 0 aliphatic carbocycles. The lowest BCUT2D eigenvalue weighted by molar-refractivity contribution is -0.147. The molecule has 1 aromatic carbocycles. The maximum atomic E-state index is 12.0. The van der Waals surface area contributed by atoms with Crippen molar-refractivity contribution >= 4 is 39.7 Å². The second kappa shape index (κ2) is 10.0. The summed E-state index contributed by atoms with van der Waals surface area (Å²) in [4.78, 5) is 29.3. The predicted octanol–water partition coefficient (Wildman–Crippen LogP) is 4.38. The highest BCUT2D eigenvalue weighted by Gasteiger charge is 2.11. The summed E-state index contributed by atoms with van der Waals surface area (Å²) >= 11 is 2.98. The molecule has 0 bridgehead atoms. The summed E-state index contributed by atoms with van der Waals surface area (Å²) in [6.45, 7) is -0.310. The van der Waals surface area contributed by atoms with Crippen LogP contribution in [0.3, 0.4) is 0 Å². The Kier molecular flexibility index (Phi) is 7.16. The van der Waals surface area contributed by atoms with E-state index in [0.717, 1.165) is 23.4 Å². The summed E-state index contributed by atoms with van der Waals surface area (Å²) in [5, 5.41) is 6.98. The lowest BCUT2D eigenvalue weighted by Gasteiger charge is -2.04. The molecule has 1 N–H and O–H groups in total. The normalized spacial score (nSPS) is 10.5. The van der Waals surface area contributed by atoms with Gasteiger partial charge >= 0.3 is 5.97 Å². The van der Waals surface area contributed by atoms with Crippen LogP contribution in [0.5, 0.6) is 5.75 Å². The average Bonchev–Trinajstić information content (AvgIpc) is 3.39. The molecule has 1 amide bonds. The Hall–Kier alpha value is -2.71. The minimum atomic E-state index is -0.401. The number of hydrogen-bond acceptors (Lipinski definition) is 7. The van der Waals surface area contributed by atoms with E-state index in [1.807, 2.05) is 47.2 Å². The molecule has 146 valence electrons. The minimum absolute atomic E-state index is 0.296. The molecule has 2 aromatic heterocycles. The Morgan fingerprint density at radius 3 is 2.68 bits per heavy atom. The third-order valence-electron chi connectivity index (χ3n) is 3.88. The Bertz CT molecular complexity index is 905. The van der Waals surface area contributed by atoms with E-state index in [9.17, 15) is 9.59 Å². The largest absolute Gasteiger partial charge is 0.497 e. The van der Waals surface area contributed by atoms with E-state index in [0.29, 0.717) is 18.0 Å². The number of benzene rings is 1. The van der Waals surface area contributed by atoms with E-state index in [4.69, 9.17) is 9.47 Å². The molecule has 0 fully saturated rings. The first-order chi connectivity index (χ1) is 13.6. The Balaban J connectivity index is 1.40. The molecule has 28 heavy (non-hydrogen) atoms. The van der Waals surface area contributed by atoms with Crippen molar-refractivity contribution in [2.75, 3.05) is 19.0 Å². The molecule has 0 atom stereocenters. The lowest BCUT2D eigenvalue weighted by atomic mass is 10.2. The van der Waals surface area contributed by atoms with E-state index in [1.54, 1.807) is 18.4 Å². The second-order valence-electron chi connectivity index (χ2n) is 5.91. The lowest BCUT2D eigenvalue weighted by Crippen LogP contribution is -2.20. The molecule has 0 aliphatic heterocycles. The van der Waals surface area contributed by atoms with Crippen molar-refractivity contribution in [3.05, 3.63) is 52.0 Å². The molecule has 0 saturated carbocycles. The maximum absolute atomic E-state index is 12.0. The fraction of sp³-hybridized carbons (Fsp3) is 0.250. The standard InChI is InChI=1S/C20H20N2O4S2/c1-25-15-9-7-14(8-10-15)17-13-28-20(21-17)22-18(23)12-26-19(24)6-2-4-16-5-3-11-27-16/h3,5,7-11,13H,2,4,6,12H2,1H3,(H,21,22,23). The van der Waals surface area contributed by atoms with E-state index < -0.39 is 5.91 Å². The van der Waals surface area contributed by atoms with E-state index in [1.165, 1.54) is 16.2 Å². The van der Waals surface area contributed by atoms with Crippen molar-refractivity contribution in [2.24, 2.45) is 0 Å². The van der Waals surface area contributed by atoms with Gasteiger partial charge in [0.2, 0.25) is 0 Å². The summed E-state index contributed by atoms with van der Waals surface area (Å²) < 4.78 is 10.2. The molecule has 2 heterocycles. The van der Waals surface area contributed by atoms with Crippen molar-refractivity contribution in [2.45, 2.75) is 19.3 Å². The van der Waals surface area contributed by atoms with Gasteiger partial charge in [0.25, 0.3) is 5.91 Å². The number of nitrogens with zero attached hydrogens (tertiary/aromatic N) is 1. The molecular weight excluding hydrogens is 396 g/mol. The number of rotatable bonds is 9. The highest BCUT2D eigenvalue weighted by Crippen LogP contribution is 2.26. The number of methoxy groups -OCH3 is 1. The molecular formula is C20H20N2O4S2. The molecule has 0 aliphatic rings. The maximum Gasteiger partial charge on any atom is 0.306 e. The van der Waals surface area contributed by atoms with Gasteiger partial charge in [-0.1, -0.05) is 6.07 Å². The fourth-order valence-electron chi connectivity index (χ4n) is 2.46. The van der Waals surface area contributed by atoms with Gasteiger partial charge in [0, 0.05) is 22.2 Å². The van der Waals surface area contributed by atoms with E-state index in [2.05, 4.69) is 10.3 Å². The molecule has 0 unspecified atom stereocenters. The molecule has 0 spiro atoms. The van der Waals surface area contributed by atoms with Crippen molar-refractivity contribution < 1.29 is 19.1 Å². The number of amides is 1. The first kappa shape index (κ1) is 20.0. The quantitative estimate of drug-likeness (QED) is 0.524. The number of nitrogens with one attached hydrogen (secondary N) is 1. The van der Waals surface area contributed by atoms with Gasteiger partial charge in [-0.05, 0) is 48.6 Å². The van der Waals surface area contributed by atoms with Gasteiger partial charge in [0.05, 0.1) is 12.8 Å². The van der Waals surface area contributed by atoms with Crippen molar-refractivity contribution in [1.29, 1.82) is 0 Å². The van der Waals surface area contributed by atoms with Crippen LogP contribution in [0.25, 0.3) is 11.3 Å². The predicted molar refractivity (Wildman–Crippen MR) is 111 cm³/mol. The smallest absolute Gasteiger partial charge is 0.306 e. The highest BCUT2D eigenvalue weighted by molar-refractivity contribution is 7.14. The Labute approximate surface area is 171 Å². The van der Waals surface area contributed by atoms with Crippen molar-refractivity contribution in [3.8, 4) is 17.0 Å². The van der Waals surface area contributed by atoms with Gasteiger partial charge < -0.3 is 9.47 Å². The zero-order chi connectivity index (χ0) is 19.8. The van der Waals surface area contributed by atoms with Gasteiger partial charge in [0.1, 0.15) is 5.75 Å². The average molecular weight is 417 g/mol. The highest BCUT2D eigenvalue weighted by atomic mass is 32.1. The summed E-state index contributed by atoms with van der Waals surface area (Å²) in [5.41, 5.74) is 1.68. The van der Waals surface area contributed by atoms with Crippen molar-refractivity contribution in [3.63, 3.8) is 0 Å². The number of hydrogen-bond donors (Lipinski definition) is 1. The Morgan fingerprint density at radius 2 is 1.96 bits per heavy atom. The molecule has 8 heteroatoms. The number of thiophene rings is 1. The summed E-state index contributed by atoms with van der Waals surface area (Å²) in [5.74, 6) is -0.00304. The SMILES string of the molecule is COc1ccc(-c2csc(NC(=O)COC(=O)CCCc3cccs3)n2)cc1. The third kappa shape index (κ3) is 5.90. The number of carbonyl (C=O) groups excluding carboxylic acids is 2. The summed E-state index contributed by atoms with van der Waals surface area (Å²) in [7, 11) is 1.61. The number of thiazole rings is 1. The first-order valence-corrected chi connectivity index (χ1v) is 10.5. The molecule has 6 nitrogen and oxygen atoms in total. The number of esters is 1. The number of carbonyl (C=O) groups is 2. The van der Waals surface area contributed by atoms with E-state index >= 15 is 0 Å². The molecule has 0 radical (unpaired) electrons.